The highest BCUT2D eigenvalue weighted by Crippen LogP contribution is 2.27. The van der Waals surface area contributed by atoms with Gasteiger partial charge in [-0.25, -0.2) is 0 Å². The summed E-state index contributed by atoms with van der Waals surface area (Å²) in [6, 6.07) is 8.76. The Morgan fingerprint density at radius 1 is 0.846 bits per heavy atom. The normalized spacial score (nSPS) is 9.54. The zero-order valence-electron chi connectivity index (χ0n) is 14.8. The van der Waals surface area contributed by atoms with Crippen LogP contribution in [0.3, 0.4) is 0 Å². The van der Waals surface area contributed by atoms with E-state index in [0.717, 1.165) is 5.69 Å². The van der Waals surface area contributed by atoms with Crippen LogP contribution >= 0.6 is 0 Å². The molecule has 0 saturated heterocycles. The van der Waals surface area contributed by atoms with Crippen LogP contribution in [0.25, 0.3) is 0 Å². The first-order valence-electron chi connectivity index (χ1n) is 7.27. The predicted octanol–water partition coefficient (Wildman–Crippen LogP) is 2.86. The molecule has 2 aromatic rings. The van der Waals surface area contributed by atoms with Gasteiger partial charge in [-0.2, -0.15) is 0 Å². The van der Waals surface area contributed by atoms with E-state index in [4.69, 9.17) is 15.2 Å². The average Bonchev–Trinajstić information content (AvgIpc) is 2.60. The lowest BCUT2D eigenvalue weighted by atomic mass is 10.2. The van der Waals surface area contributed by atoms with Gasteiger partial charge in [-0.05, 0) is 0 Å². The third kappa shape index (κ3) is 5.82. The maximum Gasteiger partial charge on any atom is 0.275 e. The zero-order chi connectivity index (χ0) is 19.9. The van der Waals surface area contributed by atoms with Crippen molar-refractivity contribution in [2.45, 2.75) is 0 Å². The molecule has 10 nitrogen and oxygen atoms in total. The van der Waals surface area contributed by atoms with E-state index in [9.17, 15) is 20.2 Å². The molecule has 2 rings (SSSR count). The largest absolute Gasteiger partial charge is 0.496 e. The van der Waals surface area contributed by atoms with Crippen molar-refractivity contribution in [3.05, 3.63) is 56.6 Å². The lowest BCUT2D eigenvalue weighted by Crippen LogP contribution is -2.09. The topological polar surface area (TPSA) is 134 Å². The minimum atomic E-state index is -0.515. The van der Waals surface area contributed by atoms with Gasteiger partial charge >= 0.3 is 0 Å². The second-order valence-corrected chi connectivity index (χ2v) is 5.26. The molecule has 0 amide bonds. The van der Waals surface area contributed by atoms with E-state index in [1.807, 2.05) is 14.1 Å². The molecule has 2 aromatic carbocycles. The monoisotopic (exact) mass is 364 g/mol. The van der Waals surface area contributed by atoms with E-state index in [1.165, 1.54) is 44.6 Å². The fraction of sp³-hybridized carbons (Fsp3) is 0.250. The van der Waals surface area contributed by atoms with Crippen molar-refractivity contribution in [2.75, 3.05) is 38.9 Å². The number of nitro groups is 2. The number of nitro benzene ring substituents is 2. The molecule has 0 saturated carbocycles. The van der Waals surface area contributed by atoms with Gasteiger partial charge < -0.3 is 20.1 Å². The minimum Gasteiger partial charge on any atom is -0.496 e. The highest BCUT2D eigenvalue weighted by atomic mass is 16.6. The van der Waals surface area contributed by atoms with Crippen LogP contribution in [-0.2, 0) is 0 Å². The van der Waals surface area contributed by atoms with Crippen molar-refractivity contribution in [1.29, 1.82) is 0 Å². The number of ether oxygens (including phenoxy) is 2. The predicted molar refractivity (Wildman–Crippen MR) is 98.0 cm³/mol. The lowest BCUT2D eigenvalue weighted by Gasteiger charge is -2.13. The van der Waals surface area contributed by atoms with Crippen LogP contribution in [0.4, 0.5) is 22.7 Å². The van der Waals surface area contributed by atoms with Crippen LogP contribution in [-0.4, -0.2) is 38.2 Å². The third-order valence-electron chi connectivity index (χ3n) is 3.20. The van der Waals surface area contributed by atoms with Gasteiger partial charge in [-0.1, -0.05) is 0 Å². The average molecular weight is 364 g/mol. The Hall–Kier alpha value is -3.56. The first kappa shape index (κ1) is 20.5. The number of nitrogens with two attached hydrogens (primary N) is 1. The smallest absolute Gasteiger partial charge is 0.275 e. The van der Waals surface area contributed by atoms with Gasteiger partial charge in [0.25, 0.3) is 11.4 Å². The van der Waals surface area contributed by atoms with Crippen LogP contribution in [0.1, 0.15) is 0 Å². The first-order chi connectivity index (χ1) is 12.2. The molecule has 0 atom stereocenters. The zero-order valence-corrected chi connectivity index (χ0v) is 14.8. The molecule has 26 heavy (non-hydrogen) atoms. The number of benzene rings is 2. The number of hydrogen-bond donors (Lipinski definition) is 1. The maximum absolute atomic E-state index is 10.6. The summed E-state index contributed by atoms with van der Waals surface area (Å²) in [6.45, 7) is 0. The molecule has 0 aliphatic carbocycles. The van der Waals surface area contributed by atoms with Crippen LogP contribution in [0.2, 0.25) is 0 Å². The van der Waals surface area contributed by atoms with Crippen molar-refractivity contribution >= 4 is 22.7 Å². The molecular weight excluding hydrogens is 344 g/mol. The number of nitrogen functional groups attached to an aromatic ring is 1. The van der Waals surface area contributed by atoms with Gasteiger partial charge in [-0.15, -0.1) is 0 Å². The number of nitrogens with zero attached hydrogens (tertiary/aromatic N) is 3. The lowest BCUT2D eigenvalue weighted by molar-refractivity contribution is -0.385. The fourth-order valence-electron chi connectivity index (χ4n) is 1.88. The summed E-state index contributed by atoms with van der Waals surface area (Å²) < 4.78 is 9.77. The number of hydrogen-bond acceptors (Lipinski definition) is 8. The van der Waals surface area contributed by atoms with Gasteiger partial charge in [0.15, 0.2) is 0 Å². The molecule has 0 spiro atoms. The second-order valence-electron chi connectivity index (χ2n) is 5.26. The van der Waals surface area contributed by atoms with E-state index < -0.39 is 9.85 Å². The molecule has 0 bridgehead atoms. The number of anilines is 2. The molecule has 0 heterocycles. The van der Waals surface area contributed by atoms with Crippen LogP contribution < -0.4 is 20.1 Å². The second kappa shape index (κ2) is 9.06. The SMILES string of the molecule is COc1cc(N(C)C)cc([N+](=O)[O-])c1.COc1cc(N)cc([N+](=O)[O-])c1. The molecule has 0 aliphatic rings. The van der Waals surface area contributed by atoms with E-state index in [1.54, 1.807) is 11.0 Å². The maximum atomic E-state index is 10.6. The number of non-ortho nitro benzene ring substituents is 2. The molecule has 0 aromatic heterocycles. The molecule has 0 fully saturated rings. The summed E-state index contributed by atoms with van der Waals surface area (Å²) >= 11 is 0. The van der Waals surface area contributed by atoms with E-state index >= 15 is 0 Å². The highest BCUT2D eigenvalue weighted by molar-refractivity contribution is 5.57. The van der Waals surface area contributed by atoms with Crippen molar-refractivity contribution in [3.63, 3.8) is 0 Å². The van der Waals surface area contributed by atoms with Gasteiger partial charge in [0, 0.05) is 49.7 Å². The van der Waals surface area contributed by atoms with Gasteiger partial charge in [0.05, 0.1) is 36.2 Å². The van der Waals surface area contributed by atoms with Gasteiger partial charge in [-0.3, -0.25) is 20.2 Å². The molecule has 0 unspecified atom stereocenters. The Bertz CT molecular complexity index is 794. The van der Waals surface area contributed by atoms with E-state index in [0.29, 0.717) is 17.2 Å². The van der Waals surface area contributed by atoms with E-state index in [2.05, 4.69) is 0 Å². The summed E-state index contributed by atoms with van der Waals surface area (Å²) in [5.74, 6) is 0.879. The summed E-state index contributed by atoms with van der Waals surface area (Å²) in [5.41, 5.74) is 6.43. The van der Waals surface area contributed by atoms with Crippen molar-refractivity contribution in [1.82, 2.24) is 0 Å². The third-order valence-corrected chi connectivity index (χ3v) is 3.20. The first-order valence-corrected chi connectivity index (χ1v) is 7.27. The fourth-order valence-corrected chi connectivity index (χ4v) is 1.88. The highest BCUT2D eigenvalue weighted by Gasteiger charge is 2.11. The molecule has 10 heteroatoms. The standard InChI is InChI=1S/C9H12N2O3.C7H8N2O3/c1-10(2)7-4-8(11(12)13)6-9(5-7)14-3;1-12-7-3-5(8)2-6(4-7)9(10)11/h4-6H,1-3H3;2-4H,8H2,1H3. The number of methoxy groups -OCH3 is 2. The quantitative estimate of drug-likeness (QED) is 0.486. The Labute approximate surface area is 150 Å². The summed E-state index contributed by atoms with van der Waals surface area (Å²) in [5, 5.41) is 20.9. The molecule has 2 N–H and O–H groups in total. The van der Waals surface area contributed by atoms with Crippen LogP contribution in [0, 0.1) is 20.2 Å². The Morgan fingerprint density at radius 3 is 1.73 bits per heavy atom. The molecule has 0 aliphatic heterocycles. The summed E-state index contributed by atoms with van der Waals surface area (Å²) in [4.78, 5) is 21.7. The van der Waals surface area contributed by atoms with E-state index in [-0.39, 0.29) is 11.4 Å². The van der Waals surface area contributed by atoms with Crippen LogP contribution in [0.5, 0.6) is 11.5 Å². The Morgan fingerprint density at radius 2 is 1.31 bits per heavy atom. The molecular formula is C16H20N4O6. The minimum absolute atomic E-state index is 0.0352. The molecule has 0 radical (unpaired) electrons. The Balaban J connectivity index is 0.000000263. The Kier molecular flexibility index (Phi) is 7.14. The van der Waals surface area contributed by atoms with Crippen molar-refractivity contribution in [3.8, 4) is 11.5 Å². The summed E-state index contributed by atoms with van der Waals surface area (Å²) in [6.07, 6.45) is 0. The van der Waals surface area contributed by atoms with Crippen LogP contribution in [0.15, 0.2) is 36.4 Å². The van der Waals surface area contributed by atoms with Crippen molar-refractivity contribution in [2.24, 2.45) is 0 Å². The summed E-state index contributed by atoms with van der Waals surface area (Å²) in [7, 11) is 6.55. The molecule has 140 valence electrons. The van der Waals surface area contributed by atoms with Gasteiger partial charge in [0.2, 0.25) is 0 Å². The van der Waals surface area contributed by atoms with Gasteiger partial charge in [0.1, 0.15) is 11.5 Å². The van der Waals surface area contributed by atoms with Crippen molar-refractivity contribution < 1.29 is 19.3 Å². The number of rotatable bonds is 5.